The van der Waals surface area contributed by atoms with Gasteiger partial charge in [0, 0.05) is 6.54 Å². The molecular weight excluding hydrogens is 386 g/mol. The normalized spacial score (nSPS) is 18.0. The van der Waals surface area contributed by atoms with Gasteiger partial charge in [-0.25, -0.2) is 13.5 Å². The zero-order valence-corrected chi connectivity index (χ0v) is 16.7. The van der Waals surface area contributed by atoms with Crippen molar-refractivity contribution in [1.82, 2.24) is 15.1 Å². The Hall–Kier alpha value is -3.22. The summed E-state index contributed by atoms with van der Waals surface area (Å²) in [6.07, 6.45) is -0.320. The molecule has 1 amide bonds. The molecule has 30 heavy (non-hydrogen) atoms. The smallest absolute Gasteiger partial charge is 0.260 e. The van der Waals surface area contributed by atoms with Gasteiger partial charge in [0.25, 0.3) is 12.3 Å². The maximum absolute atomic E-state index is 13.8. The molecule has 156 valence electrons. The van der Waals surface area contributed by atoms with Crippen LogP contribution in [0.15, 0.2) is 60.8 Å². The molecule has 0 spiro atoms. The lowest BCUT2D eigenvalue weighted by atomic mass is 9.96. The second-order valence-corrected chi connectivity index (χ2v) is 7.59. The average molecular weight is 410 g/mol. The number of benzene rings is 2. The van der Waals surface area contributed by atoms with Gasteiger partial charge in [-0.2, -0.15) is 5.10 Å². The first-order valence-corrected chi connectivity index (χ1v) is 10.0. The van der Waals surface area contributed by atoms with Crippen LogP contribution in [0.3, 0.4) is 0 Å². The van der Waals surface area contributed by atoms with Crippen molar-refractivity contribution in [3.8, 4) is 0 Å². The first-order chi connectivity index (χ1) is 14.5. The minimum atomic E-state index is -2.58. The molecule has 0 fully saturated rings. The SMILES string of the molecule is Cc1ccc([C@H]2C[C@@H](C(F)F)n3ncc(C(=O)NCCc4ccccc4)c3N2)cc1. The Bertz CT molecular complexity index is 1000. The van der Waals surface area contributed by atoms with Crippen LogP contribution in [0.4, 0.5) is 14.6 Å². The van der Waals surface area contributed by atoms with E-state index in [4.69, 9.17) is 0 Å². The molecule has 4 rings (SSSR count). The fraction of sp³-hybridized carbons (Fsp3) is 0.304. The van der Waals surface area contributed by atoms with E-state index in [0.29, 0.717) is 18.8 Å². The predicted molar refractivity (Wildman–Crippen MR) is 112 cm³/mol. The van der Waals surface area contributed by atoms with E-state index in [0.717, 1.165) is 16.7 Å². The molecule has 7 heteroatoms. The third kappa shape index (κ3) is 4.20. The van der Waals surface area contributed by atoms with Crippen molar-refractivity contribution in [3.05, 3.63) is 83.0 Å². The van der Waals surface area contributed by atoms with Crippen molar-refractivity contribution < 1.29 is 13.6 Å². The maximum atomic E-state index is 13.8. The number of hydrogen-bond donors (Lipinski definition) is 2. The number of carbonyl (C=O) groups is 1. The number of aromatic nitrogens is 2. The lowest BCUT2D eigenvalue weighted by Crippen LogP contribution is -2.32. The summed E-state index contributed by atoms with van der Waals surface area (Å²) >= 11 is 0. The van der Waals surface area contributed by atoms with Crippen LogP contribution in [0.2, 0.25) is 0 Å². The fourth-order valence-electron chi connectivity index (χ4n) is 3.78. The Morgan fingerprint density at radius 2 is 1.93 bits per heavy atom. The standard InChI is InChI=1S/C23H24F2N4O/c1-15-7-9-17(10-8-15)19-13-20(21(24)25)29-22(28-19)18(14-27-29)23(30)26-12-11-16-5-3-2-4-6-16/h2-10,14,19-21,28H,11-13H2,1H3,(H,26,30)/t19-,20+/m1/s1. The molecular formula is C23H24F2N4O. The molecule has 1 aliphatic rings. The van der Waals surface area contributed by atoms with E-state index in [2.05, 4.69) is 15.7 Å². The molecule has 0 bridgehead atoms. The Kier molecular flexibility index (Phi) is 5.79. The molecule has 0 aliphatic carbocycles. The molecule has 0 unspecified atom stereocenters. The number of hydrogen-bond acceptors (Lipinski definition) is 3. The summed E-state index contributed by atoms with van der Waals surface area (Å²) < 4.78 is 28.8. The second kappa shape index (κ2) is 8.65. The lowest BCUT2D eigenvalue weighted by Gasteiger charge is -2.32. The van der Waals surface area contributed by atoms with Gasteiger partial charge in [0.15, 0.2) is 0 Å². The van der Waals surface area contributed by atoms with Crippen LogP contribution in [-0.2, 0) is 6.42 Å². The highest BCUT2D eigenvalue weighted by molar-refractivity contribution is 5.98. The summed E-state index contributed by atoms with van der Waals surface area (Å²) in [5, 5.41) is 10.2. The summed E-state index contributed by atoms with van der Waals surface area (Å²) in [5.74, 6) is 0.0200. The van der Waals surface area contributed by atoms with Gasteiger partial charge in [-0.3, -0.25) is 4.79 Å². The van der Waals surface area contributed by atoms with E-state index in [1.165, 1.54) is 10.9 Å². The predicted octanol–water partition coefficient (Wildman–Crippen LogP) is 4.53. The number of nitrogens with one attached hydrogen (secondary N) is 2. The van der Waals surface area contributed by atoms with Crippen LogP contribution in [0.5, 0.6) is 0 Å². The zero-order valence-electron chi connectivity index (χ0n) is 16.7. The van der Waals surface area contributed by atoms with Crippen molar-refractivity contribution in [2.45, 2.75) is 38.3 Å². The number of aryl methyl sites for hydroxylation is 1. The minimum Gasteiger partial charge on any atom is -0.363 e. The number of halogens is 2. The van der Waals surface area contributed by atoms with Crippen LogP contribution in [0, 0.1) is 6.92 Å². The molecule has 0 saturated heterocycles. The van der Waals surface area contributed by atoms with Crippen molar-refractivity contribution in [2.75, 3.05) is 11.9 Å². The van der Waals surface area contributed by atoms with Crippen molar-refractivity contribution in [3.63, 3.8) is 0 Å². The topological polar surface area (TPSA) is 59.0 Å². The highest BCUT2D eigenvalue weighted by atomic mass is 19.3. The van der Waals surface area contributed by atoms with Gasteiger partial charge in [0.1, 0.15) is 17.4 Å². The molecule has 1 aromatic heterocycles. The second-order valence-electron chi connectivity index (χ2n) is 7.59. The average Bonchev–Trinajstić information content (AvgIpc) is 3.18. The number of carbonyl (C=O) groups excluding carboxylic acids is 1. The van der Waals surface area contributed by atoms with Crippen LogP contribution >= 0.6 is 0 Å². The van der Waals surface area contributed by atoms with E-state index >= 15 is 0 Å². The zero-order chi connectivity index (χ0) is 21.1. The van der Waals surface area contributed by atoms with E-state index in [1.54, 1.807) is 0 Å². The van der Waals surface area contributed by atoms with Crippen molar-refractivity contribution in [2.24, 2.45) is 0 Å². The fourth-order valence-corrected chi connectivity index (χ4v) is 3.78. The lowest BCUT2D eigenvalue weighted by molar-refractivity contribution is 0.0656. The van der Waals surface area contributed by atoms with Crippen LogP contribution in [0.1, 0.15) is 45.6 Å². The Balaban J connectivity index is 1.52. The maximum Gasteiger partial charge on any atom is 0.260 e. The van der Waals surface area contributed by atoms with Gasteiger partial charge in [-0.1, -0.05) is 60.2 Å². The number of nitrogens with zero attached hydrogens (tertiary/aromatic N) is 2. The molecule has 2 heterocycles. The minimum absolute atomic E-state index is 0.199. The highest BCUT2D eigenvalue weighted by Crippen LogP contribution is 2.39. The Morgan fingerprint density at radius 3 is 2.63 bits per heavy atom. The molecule has 2 N–H and O–H groups in total. The van der Waals surface area contributed by atoms with Gasteiger partial charge in [-0.15, -0.1) is 0 Å². The molecule has 0 saturated carbocycles. The number of amides is 1. The summed E-state index contributed by atoms with van der Waals surface area (Å²) in [6, 6.07) is 16.2. The number of alkyl halides is 2. The van der Waals surface area contributed by atoms with E-state index < -0.39 is 12.5 Å². The highest BCUT2D eigenvalue weighted by Gasteiger charge is 2.36. The third-order valence-corrected chi connectivity index (χ3v) is 5.46. The number of rotatable bonds is 6. The van der Waals surface area contributed by atoms with Crippen LogP contribution in [-0.4, -0.2) is 28.7 Å². The van der Waals surface area contributed by atoms with Crippen molar-refractivity contribution in [1.29, 1.82) is 0 Å². The van der Waals surface area contributed by atoms with Crippen molar-refractivity contribution >= 4 is 11.7 Å². The molecule has 1 aliphatic heterocycles. The molecule has 0 radical (unpaired) electrons. The summed E-state index contributed by atoms with van der Waals surface area (Å²) in [6.45, 7) is 2.43. The third-order valence-electron chi connectivity index (χ3n) is 5.46. The van der Waals surface area contributed by atoms with Gasteiger partial charge < -0.3 is 10.6 Å². The summed E-state index contributed by atoms with van der Waals surface area (Å²) in [7, 11) is 0. The van der Waals surface area contributed by atoms with Gasteiger partial charge in [0.05, 0.1) is 12.2 Å². The summed E-state index contributed by atoms with van der Waals surface area (Å²) in [4.78, 5) is 12.7. The quantitative estimate of drug-likeness (QED) is 0.628. The molecule has 2 aromatic carbocycles. The van der Waals surface area contributed by atoms with Crippen LogP contribution < -0.4 is 10.6 Å². The monoisotopic (exact) mass is 410 g/mol. The van der Waals surface area contributed by atoms with E-state index in [9.17, 15) is 13.6 Å². The molecule has 3 aromatic rings. The Morgan fingerprint density at radius 1 is 1.20 bits per heavy atom. The van der Waals surface area contributed by atoms with Gasteiger partial charge in [-0.05, 0) is 30.9 Å². The summed E-state index contributed by atoms with van der Waals surface area (Å²) in [5.41, 5.74) is 3.41. The van der Waals surface area contributed by atoms with E-state index in [-0.39, 0.29) is 23.9 Å². The first-order valence-electron chi connectivity index (χ1n) is 10.0. The number of fused-ring (bicyclic) bond motifs is 1. The van der Waals surface area contributed by atoms with Gasteiger partial charge in [0.2, 0.25) is 0 Å². The molecule has 2 atom stereocenters. The Labute approximate surface area is 174 Å². The van der Waals surface area contributed by atoms with Gasteiger partial charge >= 0.3 is 0 Å². The van der Waals surface area contributed by atoms with E-state index in [1.807, 2.05) is 61.5 Å². The largest absolute Gasteiger partial charge is 0.363 e. The van der Waals surface area contributed by atoms with Crippen LogP contribution in [0.25, 0.3) is 0 Å². The molecule has 5 nitrogen and oxygen atoms in total. The first kappa shape index (κ1) is 20.1. The number of anilines is 1.